The summed E-state index contributed by atoms with van der Waals surface area (Å²) in [4.78, 5) is 41.4. The van der Waals surface area contributed by atoms with Gasteiger partial charge in [-0.1, -0.05) is 62.4 Å². The molecule has 0 bridgehead atoms. The van der Waals surface area contributed by atoms with Gasteiger partial charge in [0, 0.05) is 6.04 Å². The van der Waals surface area contributed by atoms with Crippen LogP contribution in [-0.4, -0.2) is 47.0 Å². The summed E-state index contributed by atoms with van der Waals surface area (Å²) in [6.07, 6.45) is 4.32. The number of alkyl carbamates (subject to hydrolysis) is 1. The minimum absolute atomic E-state index is 0.0412. The lowest BCUT2D eigenvalue weighted by atomic mass is 9.93. The zero-order valence-corrected chi connectivity index (χ0v) is 22.8. The molecular formula is C28H42N4O4. The summed E-state index contributed by atoms with van der Waals surface area (Å²) in [6.45, 7) is 12.4. The Morgan fingerprint density at radius 3 is 2.17 bits per heavy atom. The first kappa shape index (κ1) is 29.2. The average Bonchev–Trinajstić information content (AvgIpc) is 2.75. The maximum Gasteiger partial charge on any atom is 0.408 e. The fraction of sp³-hybridized carbons (Fsp3) is 0.643. The number of nitrogens with zero attached hydrogens (tertiary/aromatic N) is 2. The maximum atomic E-state index is 13.9. The van der Waals surface area contributed by atoms with Crippen molar-refractivity contribution >= 4 is 17.9 Å². The Hall–Kier alpha value is -3.08. The second-order valence-electron chi connectivity index (χ2n) is 11.2. The van der Waals surface area contributed by atoms with Crippen molar-refractivity contribution in [2.75, 3.05) is 6.54 Å². The highest BCUT2D eigenvalue weighted by molar-refractivity contribution is 5.92. The van der Waals surface area contributed by atoms with E-state index in [4.69, 9.17) is 4.74 Å². The fourth-order valence-electron chi connectivity index (χ4n) is 4.67. The van der Waals surface area contributed by atoms with Gasteiger partial charge in [0.15, 0.2) is 0 Å². The molecule has 0 radical (unpaired) electrons. The standard InChI is InChI=1S/C28H42N4O4/c1-18(2)23(31-27(35)36-28(5,6)7)26(34)32(14-13-29)24(21-16-19(3)15-20(4)17-21)25(33)30-22-11-9-8-10-12-22/h15-18,22-24H,8-12,14H2,1-7H3,(H,30,33)(H,31,35). The molecule has 0 aliphatic heterocycles. The van der Waals surface area contributed by atoms with Crippen molar-refractivity contribution in [2.24, 2.45) is 5.92 Å². The van der Waals surface area contributed by atoms with Crippen molar-refractivity contribution in [2.45, 2.75) is 104 Å². The highest BCUT2D eigenvalue weighted by atomic mass is 16.6. The summed E-state index contributed by atoms with van der Waals surface area (Å²) in [5, 5.41) is 15.5. The van der Waals surface area contributed by atoms with Gasteiger partial charge < -0.3 is 20.3 Å². The van der Waals surface area contributed by atoms with Crippen LogP contribution in [0.3, 0.4) is 0 Å². The summed E-state index contributed by atoms with van der Waals surface area (Å²) in [5.41, 5.74) is 1.82. The molecule has 1 aliphatic rings. The maximum absolute atomic E-state index is 13.9. The van der Waals surface area contributed by atoms with E-state index in [1.807, 2.05) is 32.0 Å². The van der Waals surface area contributed by atoms with Crippen LogP contribution in [0.25, 0.3) is 0 Å². The number of ether oxygens (including phenoxy) is 1. The lowest BCUT2D eigenvalue weighted by Gasteiger charge is -2.35. The Labute approximate surface area is 215 Å². The van der Waals surface area contributed by atoms with Crippen molar-refractivity contribution in [3.63, 3.8) is 0 Å². The highest BCUT2D eigenvalue weighted by Crippen LogP contribution is 2.27. The van der Waals surface area contributed by atoms with Crippen LogP contribution in [0.15, 0.2) is 18.2 Å². The minimum atomic E-state index is -1.00. The van der Waals surface area contributed by atoms with Crippen LogP contribution in [0.2, 0.25) is 0 Å². The van der Waals surface area contributed by atoms with Gasteiger partial charge in [0.2, 0.25) is 11.8 Å². The molecule has 1 aromatic rings. The minimum Gasteiger partial charge on any atom is -0.444 e. The van der Waals surface area contributed by atoms with Gasteiger partial charge in [-0.15, -0.1) is 0 Å². The molecule has 3 amide bonds. The van der Waals surface area contributed by atoms with Gasteiger partial charge in [0.1, 0.15) is 24.2 Å². The molecule has 8 heteroatoms. The lowest BCUT2D eigenvalue weighted by molar-refractivity contribution is -0.142. The van der Waals surface area contributed by atoms with Gasteiger partial charge in [0.05, 0.1) is 6.07 Å². The molecular weight excluding hydrogens is 456 g/mol. The van der Waals surface area contributed by atoms with Crippen LogP contribution in [0.4, 0.5) is 4.79 Å². The highest BCUT2D eigenvalue weighted by Gasteiger charge is 2.38. The van der Waals surface area contributed by atoms with Gasteiger partial charge in [-0.2, -0.15) is 5.26 Å². The first-order chi connectivity index (χ1) is 16.8. The van der Waals surface area contributed by atoms with Gasteiger partial charge >= 0.3 is 6.09 Å². The molecule has 36 heavy (non-hydrogen) atoms. The Kier molecular flexibility index (Phi) is 10.3. The molecule has 2 N–H and O–H groups in total. The van der Waals surface area contributed by atoms with Crippen LogP contribution in [0.1, 0.15) is 89.5 Å². The number of hydrogen-bond donors (Lipinski definition) is 2. The Bertz CT molecular complexity index is 950. The first-order valence-electron chi connectivity index (χ1n) is 12.9. The molecule has 8 nitrogen and oxygen atoms in total. The number of aryl methyl sites for hydroxylation is 2. The van der Waals surface area contributed by atoms with E-state index in [9.17, 15) is 19.6 Å². The average molecular weight is 499 g/mol. The van der Waals surface area contributed by atoms with Crippen molar-refractivity contribution in [3.8, 4) is 6.07 Å². The summed E-state index contributed by atoms with van der Waals surface area (Å²) >= 11 is 0. The van der Waals surface area contributed by atoms with E-state index >= 15 is 0 Å². The normalized spacial score (nSPS) is 16.0. The predicted octanol–water partition coefficient (Wildman–Crippen LogP) is 4.69. The van der Waals surface area contributed by atoms with E-state index in [1.54, 1.807) is 34.6 Å². The molecule has 2 unspecified atom stereocenters. The predicted molar refractivity (Wildman–Crippen MR) is 139 cm³/mol. The van der Waals surface area contributed by atoms with Crippen molar-refractivity contribution in [1.29, 1.82) is 5.26 Å². The largest absolute Gasteiger partial charge is 0.444 e. The molecule has 1 saturated carbocycles. The second-order valence-corrected chi connectivity index (χ2v) is 11.2. The molecule has 0 aromatic heterocycles. The summed E-state index contributed by atoms with van der Waals surface area (Å²) in [5.74, 6) is -1.11. The van der Waals surface area contributed by atoms with Crippen LogP contribution in [0.5, 0.6) is 0 Å². The van der Waals surface area contributed by atoms with Crippen LogP contribution < -0.4 is 10.6 Å². The summed E-state index contributed by atoms with van der Waals surface area (Å²) in [7, 11) is 0. The number of carbonyl (C=O) groups is 3. The number of rotatable bonds is 8. The zero-order chi connectivity index (χ0) is 27.0. The monoisotopic (exact) mass is 498 g/mol. The summed E-state index contributed by atoms with van der Waals surface area (Å²) in [6, 6.07) is 5.88. The van der Waals surface area contributed by atoms with E-state index in [1.165, 1.54) is 4.90 Å². The van der Waals surface area contributed by atoms with Gasteiger partial charge in [-0.3, -0.25) is 9.59 Å². The molecule has 0 heterocycles. The van der Waals surface area contributed by atoms with E-state index in [2.05, 4.69) is 16.7 Å². The van der Waals surface area contributed by atoms with Crippen LogP contribution in [0, 0.1) is 31.1 Å². The quantitative estimate of drug-likeness (QED) is 0.505. The van der Waals surface area contributed by atoms with E-state index in [-0.39, 0.29) is 24.4 Å². The smallest absolute Gasteiger partial charge is 0.408 e. The van der Waals surface area contributed by atoms with Crippen molar-refractivity contribution in [1.82, 2.24) is 15.5 Å². The fourth-order valence-corrected chi connectivity index (χ4v) is 4.67. The molecule has 2 rings (SSSR count). The molecule has 1 aromatic carbocycles. The Balaban J connectivity index is 2.46. The third-order valence-electron chi connectivity index (χ3n) is 6.20. The number of amides is 3. The lowest BCUT2D eigenvalue weighted by Crippen LogP contribution is -2.55. The van der Waals surface area contributed by atoms with E-state index in [0.717, 1.165) is 43.2 Å². The molecule has 1 aliphatic carbocycles. The third-order valence-corrected chi connectivity index (χ3v) is 6.20. The van der Waals surface area contributed by atoms with Crippen LogP contribution in [-0.2, 0) is 14.3 Å². The number of nitrogens with one attached hydrogen (secondary N) is 2. The number of carbonyl (C=O) groups excluding carboxylic acids is 3. The molecule has 2 atom stereocenters. The van der Waals surface area contributed by atoms with Crippen molar-refractivity contribution < 1.29 is 19.1 Å². The molecule has 0 saturated heterocycles. The summed E-state index contributed by atoms with van der Waals surface area (Å²) < 4.78 is 5.37. The second kappa shape index (κ2) is 12.8. The van der Waals surface area contributed by atoms with Crippen molar-refractivity contribution in [3.05, 3.63) is 34.9 Å². The Morgan fingerprint density at radius 1 is 1.08 bits per heavy atom. The zero-order valence-electron chi connectivity index (χ0n) is 22.8. The van der Waals surface area contributed by atoms with E-state index < -0.39 is 29.7 Å². The van der Waals surface area contributed by atoms with Crippen LogP contribution >= 0.6 is 0 Å². The topological polar surface area (TPSA) is 112 Å². The molecule has 0 spiro atoms. The number of nitriles is 1. The Morgan fingerprint density at radius 2 is 1.67 bits per heavy atom. The van der Waals surface area contributed by atoms with Gasteiger partial charge in [-0.05, 0) is 58.9 Å². The van der Waals surface area contributed by atoms with Gasteiger partial charge in [-0.25, -0.2) is 4.79 Å². The van der Waals surface area contributed by atoms with E-state index in [0.29, 0.717) is 5.56 Å². The number of benzene rings is 1. The molecule has 1 fully saturated rings. The molecule has 198 valence electrons. The number of hydrogen-bond acceptors (Lipinski definition) is 5. The van der Waals surface area contributed by atoms with Gasteiger partial charge in [0.25, 0.3) is 0 Å². The first-order valence-corrected chi connectivity index (χ1v) is 12.9. The SMILES string of the molecule is Cc1cc(C)cc(C(C(=O)NC2CCCCC2)N(CC#N)C(=O)C(NC(=O)OC(C)(C)C)C(C)C)c1. The third kappa shape index (κ3) is 8.54.